The summed E-state index contributed by atoms with van der Waals surface area (Å²) in [7, 11) is 0. The molecule has 0 amide bonds. The van der Waals surface area contributed by atoms with Crippen LogP contribution in [0.25, 0.3) is 0 Å². The number of hydrogen-bond donors (Lipinski definition) is 0. The second kappa shape index (κ2) is 7.29. The van der Waals surface area contributed by atoms with Gasteiger partial charge in [-0.2, -0.15) is 0 Å². The molecule has 0 aromatic heterocycles. The Labute approximate surface area is 102 Å². The van der Waals surface area contributed by atoms with Gasteiger partial charge in [0.15, 0.2) is 0 Å². The van der Waals surface area contributed by atoms with E-state index in [4.69, 9.17) is 9.47 Å². The Kier molecular flexibility index (Phi) is 7.25. The fraction of sp³-hybridized carbons (Fsp3) is 1.00. The Hall–Kier alpha value is -0.0800. The lowest BCUT2D eigenvalue weighted by molar-refractivity contribution is -0.171. The molecule has 0 rings (SSSR count). The largest absolute Gasteiger partial charge is 0.350 e. The van der Waals surface area contributed by atoms with Gasteiger partial charge in [0.1, 0.15) is 6.79 Å². The first-order valence-corrected chi connectivity index (χ1v) is 6.55. The summed E-state index contributed by atoms with van der Waals surface area (Å²) in [5.74, 6) is 0. The summed E-state index contributed by atoms with van der Waals surface area (Å²) in [6.45, 7) is 13.1. The zero-order valence-electron chi connectivity index (χ0n) is 12.1. The van der Waals surface area contributed by atoms with Gasteiger partial charge >= 0.3 is 0 Å². The monoisotopic (exact) mass is 230 g/mol. The van der Waals surface area contributed by atoms with Gasteiger partial charge in [0.05, 0.1) is 11.2 Å². The van der Waals surface area contributed by atoms with Crippen molar-refractivity contribution in [3.05, 3.63) is 0 Å². The van der Waals surface area contributed by atoms with Gasteiger partial charge in [0.2, 0.25) is 0 Å². The van der Waals surface area contributed by atoms with Crippen LogP contribution in [0.4, 0.5) is 0 Å². The second-order valence-corrected chi connectivity index (χ2v) is 6.09. The molecular weight excluding hydrogens is 200 g/mol. The molecule has 0 radical (unpaired) electrons. The minimum atomic E-state index is -0.113. The first-order valence-electron chi connectivity index (χ1n) is 6.55. The highest BCUT2D eigenvalue weighted by atomic mass is 16.7. The van der Waals surface area contributed by atoms with Crippen LogP contribution < -0.4 is 0 Å². The Balaban J connectivity index is 3.62. The molecule has 0 spiro atoms. The van der Waals surface area contributed by atoms with Crippen LogP contribution in [0.3, 0.4) is 0 Å². The molecule has 0 aromatic rings. The van der Waals surface area contributed by atoms with Crippen molar-refractivity contribution < 1.29 is 9.47 Å². The van der Waals surface area contributed by atoms with E-state index in [1.54, 1.807) is 0 Å². The second-order valence-electron chi connectivity index (χ2n) is 6.09. The molecule has 0 saturated carbocycles. The molecule has 0 fully saturated rings. The third-order valence-corrected chi connectivity index (χ3v) is 2.57. The molecule has 0 bridgehead atoms. The van der Waals surface area contributed by atoms with Crippen LogP contribution in [0.15, 0.2) is 0 Å². The standard InChI is InChI=1S/C14H30O2/c1-7-8-9-10-11-14(5,6)16-12-15-13(2,3)4/h7-12H2,1-6H3. The van der Waals surface area contributed by atoms with Crippen LogP contribution in [0.5, 0.6) is 0 Å². The molecule has 0 atom stereocenters. The Morgan fingerprint density at radius 1 is 0.812 bits per heavy atom. The maximum absolute atomic E-state index is 5.76. The van der Waals surface area contributed by atoms with Gasteiger partial charge in [-0.1, -0.05) is 32.6 Å². The third-order valence-electron chi connectivity index (χ3n) is 2.57. The molecule has 16 heavy (non-hydrogen) atoms. The van der Waals surface area contributed by atoms with Crippen LogP contribution in [0, 0.1) is 0 Å². The predicted molar refractivity (Wildman–Crippen MR) is 69.6 cm³/mol. The highest BCUT2D eigenvalue weighted by molar-refractivity contribution is 4.68. The lowest BCUT2D eigenvalue weighted by Crippen LogP contribution is -2.29. The summed E-state index contributed by atoms with van der Waals surface area (Å²) in [6.07, 6.45) is 6.28. The maximum Gasteiger partial charge on any atom is 0.148 e. The quantitative estimate of drug-likeness (QED) is 0.451. The van der Waals surface area contributed by atoms with Gasteiger partial charge < -0.3 is 9.47 Å². The van der Waals surface area contributed by atoms with Crippen LogP contribution in [0.1, 0.15) is 73.6 Å². The molecule has 0 saturated heterocycles. The van der Waals surface area contributed by atoms with Crippen LogP contribution in [0.2, 0.25) is 0 Å². The lowest BCUT2D eigenvalue weighted by Gasteiger charge is -2.28. The predicted octanol–water partition coefficient (Wildman–Crippen LogP) is 4.52. The van der Waals surface area contributed by atoms with Gasteiger partial charge in [0, 0.05) is 0 Å². The minimum Gasteiger partial charge on any atom is -0.350 e. The van der Waals surface area contributed by atoms with Gasteiger partial charge in [-0.05, 0) is 41.0 Å². The van der Waals surface area contributed by atoms with Crippen molar-refractivity contribution >= 4 is 0 Å². The van der Waals surface area contributed by atoms with E-state index in [2.05, 4.69) is 20.8 Å². The lowest BCUT2D eigenvalue weighted by atomic mass is 10.00. The van der Waals surface area contributed by atoms with E-state index in [-0.39, 0.29) is 11.2 Å². The van der Waals surface area contributed by atoms with Crippen molar-refractivity contribution in [2.45, 2.75) is 84.8 Å². The van der Waals surface area contributed by atoms with Crippen molar-refractivity contribution in [2.24, 2.45) is 0 Å². The van der Waals surface area contributed by atoms with Crippen molar-refractivity contribution in [3.8, 4) is 0 Å². The first-order chi connectivity index (χ1) is 7.27. The van der Waals surface area contributed by atoms with Crippen molar-refractivity contribution in [1.82, 2.24) is 0 Å². The Morgan fingerprint density at radius 3 is 1.94 bits per heavy atom. The number of rotatable bonds is 8. The summed E-state index contributed by atoms with van der Waals surface area (Å²) >= 11 is 0. The topological polar surface area (TPSA) is 18.5 Å². The van der Waals surface area contributed by atoms with Crippen LogP contribution in [-0.4, -0.2) is 18.0 Å². The van der Waals surface area contributed by atoms with E-state index in [1.165, 1.54) is 25.7 Å². The maximum atomic E-state index is 5.76. The Bertz CT molecular complexity index is 168. The van der Waals surface area contributed by atoms with E-state index < -0.39 is 0 Å². The molecular formula is C14H30O2. The van der Waals surface area contributed by atoms with Crippen molar-refractivity contribution in [3.63, 3.8) is 0 Å². The van der Waals surface area contributed by atoms with E-state index >= 15 is 0 Å². The summed E-state index contributed by atoms with van der Waals surface area (Å²) in [4.78, 5) is 0. The van der Waals surface area contributed by atoms with E-state index in [0.717, 1.165) is 6.42 Å². The SMILES string of the molecule is CCCCCCC(C)(C)OCOC(C)(C)C. The zero-order valence-corrected chi connectivity index (χ0v) is 12.1. The van der Waals surface area contributed by atoms with Gasteiger partial charge in [-0.15, -0.1) is 0 Å². The highest BCUT2D eigenvalue weighted by Gasteiger charge is 2.19. The fourth-order valence-corrected chi connectivity index (χ4v) is 1.42. The number of unbranched alkanes of at least 4 members (excludes halogenated alkanes) is 3. The van der Waals surface area contributed by atoms with E-state index in [9.17, 15) is 0 Å². The molecule has 0 unspecified atom stereocenters. The average molecular weight is 230 g/mol. The fourth-order valence-electron chi connectivity index (χ4n) is 1.42. The van der Waals surface area contributed by atoms with Gasteiger partial charge in [-0.25, -0.2) is 0 Å². The summed E-state index contributed by atoms with van der Waals surface area (Å²) < 4.78 is 11.3. The third kappa shape index (κ3) is 10.4. The number of ether oxygens (including phenoxy) is 2. The molecule has 0 aliphatic heterocycles. The van der Waals surface area contributed by atoms with Crippen LogP contribution in [-0.2, 0) is 9.47 Å². The molecule has 2 heteroatoms. The molecule has 0 aromatic carbocycles. The number of hydrogen-bond acceptors (Lipinski definition) is 2. The molecule has 0 heterocycles. The van der Waals surface area contributed by atoms with E-state index in [1.807, 2.05) is 20.8 Å². The summed E-state index contributed by atoms with van der Waals surface area (Å²) in [5, 5.41) is 0. The Morgan fingerprint density at radius 2 is 1.44 bits per heavy atom. The van der Waals surface area contributed by atoms with Crippen LogP contribution >= 0.6 is 0 Å². The van der Waals surface area contributed by atoms with Crippen molar-refractivity contribution in [2.75, 3.05) is 6.79 Å². The van der Waals surface area contributed by atoms with Gasteiger partial charge in [-0.3, -0.25) is 0 Å². The normalized spacial score (nSPS) is 13.1. The summed E-state index contributed by atoms with van der Waals surface area (Å²) in [6, 6.07) is 0. The first kappa shape index (κ1) is 15.9. The minimum absolute atomic E-state index is 0.0566. The van der Waals surface area contributed by atoms with E-state index in [0.29, 0.717) is 6.79 Å². The van der Waals surface area contributed by atoms with Crippen molar-refractivity contribution in [1.29, 1.82) is 0 Å². The smallest absolute Gasteiger partial charge is 0.148 e. The summed E-state index contributed by atoms with van der Waals surface area (Å²) in [5.41, 5.74) is -0.169. The molecule has 0 N–H and O–H groups in total. The highest BCUT2D eigenvalue weighted by Crippen LogP contribution is 2.20. The molecule has 98 valence electrons. The molecule has 0 aliphatic carbocycles. The average Bonchev–Trinajstić information content (AvgIpc) is 2.10. The molecule has 0 aliphatic rings. The van der Waals surface area contributed by atoms with Gasteiger partial charge in [0.25, 0.3) is 0 Å². The zero-order chi connectivity index (χ0) is 12.7. The molecule has 2 nitrogen and oxygen atoms in total.